The molecule has 5 nitrogen and oxygen atoms in total. The van der Waals surface area contributed by atoms with Crippen LogP contribution in [0.3, 0.4) is 0 Å². The fourth-order valence-corrected chi connectivity index (χ4v) is 4.69. The molecule has 1 unspecified atom stereocenters. The monoisotopic (exact) mass is 378 g/mol. The fraction of sp³-hybridized carbons (Fsp3) is 0.421. The molecule has 26 heavy (non-hydrogen) atoms. The predicted octanol–water partition coefficient (Wildman–Crippen LogP) is 3.99. The SMILES string of the molecule is O=C(O)NC12CCC(n3ccc(-c4ccc(Cl)c(F)c4)c3)(CC1)CC2O. The molecule has 3 saturated carbocycles. The molecule has 3 N–H and O–H groups in total. The molecule has 138 valence electrons. The summed E-state index contributed by atoms with van der Waals surface area (Å²) in [4.78, 5) is 11.1. The van der Waals surface area contributed by atoms with Crippen molar-refractivity contribution in [1.82, 2.24) is 9.88 Å². The van der Waals surface area contributed by atoms with E-state index >= 15 is 0 Å². The molecule has 1 aromatic carbocycles. The Morgan fingerprint density at radius 3 is 2.58 bits per heavy atom. The lowest BCUT2D eigenvalue weighted by atomic mass is 9.60. The van der Waals surface area contributed by atoms with Gasteiger partial charge in [0.05, 0.1) is 16.7 Å². The highest BCUT2D eigenvalue weighted by atomic mass is 35.5. The van der Waals surface area contributed by atoms with Crippen molar-refractivity contribution < 1.29 is 19.4 Å². The van der Waals surface area contributed by atoms with Gasteiger partial charge in [-0.2, -0.15) is 0 Å². The van der Waals surface area contributed by atoms with Crippen LogP contribution in [0.2, 0.25) is 5.02 Å². The molecule has 3 fully saturated rings. The van der Waals surface area contributed by atoms with Gasteiger partial charge in [-0.15, -0.1) is 0 Å². The lowest BCUT2D eigenvalue weighted by Crippen LogP contribution is -2.66. The molecule has 0 radical (unpaired) electrons. The smallest absolute Gasteiger partial charge is 0.405 e. The van der Waals surface area contributed by atoms with Crippen LogP contribution in [0, 0.1) is 5.82 Å². The summed E-state index contributed by atoms with van der Waals surface area (Å²) in [6.45, 7) is 0. The third kappa shape index (κ3) is 2.68. The van der Waals surface area contributed by atoms with Crippen molar-refractivity contribution in [3.8, 4) is 11.1 Å². The van der Waals surface area contributed by atoms with Crippen LogP contribution < -0.4 is 5.32 Å². The van der Waals surface area contributed by atoms with Crippen LogP contribution in [-0.4, -0.2) is 32.5 Å². The fourth-order valence-electron chi connectivity index (χ4n) is 4.58. The van der Waals surface area contributed by atoms with Gasteiger partial charge in [-0.25, -0.2) is 9.18 Å². The van der Waals surface area contributed by atoms with Gasteiger partial charge in [0.1, 0.15) is 5.82 Å². The molecule has 0 aliphatic heterocycles. The Balaban J connectivity index is 1.61. The van der Waals surface area contributed by atoms with Crippen molar-refractivity contribution in [1.29, 1.82) is 0 Å². The lowest BCUT2D eigenvalue weighted by Gasteiger charge is -2.56. The number of aliphatic hydroxyl groups is 1. The number of fused-ring (bicyclic) bond motifs is 3. The Labute approximate surface area is 155 Å². The van der Waals surface area contributed by atoms with Crippen molar-refractivity contribution in [2.45, 2.75) is 49.3 Å². The van der Waals surface area contributed by atoms with Crippen LogP contribution in [0.1, 0.15) is 32.1 Å². The van der Waals surface area contributed by atoms with Crippen LogP contribution in [-0.2, 0) is 5.54 Å². The second kappa shape index (κ2) is 5.99. The van der Waals surface area contributed by atoms with Gasteiger partial charge in [-0.1, -0.05) is 17.7 Å². The molecular weight excluding hydrogens is 359 g/mol. The van der Waals surface area contributed by atoms with Gasteiger partial charge < -0.3 is 20.1 Å². The minimum Gasteiger partial charge on any atom is -0.465 e. The number of amides is 1. The summed E-state index contributed by atoms with van der Waals surface area (Å²) in [6, 6.07) is 6.66. The number of rotatable bonds is 3. The van der Waals surface area contributed by atoms with E-state index in [0.717, 1.165) is 24.0 Å². The van der Waals surface area contributed by atoms with E-state index in [-0.39, 0.29) is 10.6 Å². The van der Waals surface area contributed by atoms with Gasteiger partial charge in [0.15, 0.2) is 0 Å². The van der Waals surface area contributed by atoms with Gasteiger partial charge >= 0.3 is 6.09 Å². The van der Waals surface area contributed by atoms with Crippen LogP contribution in [0.25, 0.3) is 11.1 Å². The normalized spacial score (nSPS) is 30.3. The van der Waals surface area contributed by atoms with E-state index in [1.165, 1.54) is 6.07 Å². The average molecular weight is 379 g/mol. The highest BCUT2D eigenvalue weighted by molar-refractivity contribution is 6.30. The summed E-state index contributed by atoms with van der Waals surface area (Å²) < 4.78 is 15.8. The van der Waals surface area contributed by atoms with E-state index in [4.69, 9.17) is 16.7 Å². The highest BCUT2D eigenvalue weighted by Gasteiger charge is 2.55. The topological polar surface area (TPSA) is 74.5 Å². The van der Waals surface area contributed by atoms with Crippen LogP contribution in [0.15, 0.2) is 36.7 Å². The summed E-state index contributed by atoms with van der Waals surface area (Å²) in [5, 5.41) is 22.3. The zero-order chi connectivity index (χ0) is 18.5. The van der Waals surface area contributed by atoms with Crippen molar-refractivity contribution in [3.05, 3.63) is 47.5 Å². The van der Waals surface area contributed by atoms with Crippen LogP contribution in [0.4, 0.5) is 9.18 Å². The van der Waals surface area contributed by atoms with Crippen LogP contribution in [0.5, 0.6) is 0 Å². The number of carboxylic acid groups (broad SMARTS) is 1. The molecule has 3 aliphatic carbocycles. The molecule has 1 amide bonds. The molecule has 2 bridgehead atoms. The molecule has 0 spiro atoms. The predicted molar refractivity (Wildman–Crippen MR) is 95.8 cm³/mol. The zero-order valence-corrected chi connectivity index (χ0v) is 14.8. The van der Waals surface area contributed by atoms with Gasteiger partial charge in [-0.05, 0) is 61.4 Å². The van der Waals surface area contributed by atoms with Crippen molar-refractivity contribution in [2.24, 2.45) is 0 Å². The second-order valence-electron chi connectivity index (χ2n) is 7.47. The number of halogens is 2. The summed E-state index contributed by atoms with van der Waals surface area (Å²) >= 11 is 5.75. The van der Waals surface area contributed by atoms with E-state index in [1.807, 2.05) is 18.5 Å². The Morgan fingerprint density at radius 2 is 1.96 bits per heavy atom. The molecule has 1 atom stereocenters. The number of hydrogen-bond acceptors (Lipinski definition) is 2. The lowest BCUT2D eigenvalue weighted by molar-refractivity contribution is -0.0744. The number of nitrogens with zero attached hydrogens (tertiary/aromatic N) is 1. The molecule has 7 heteroatoms. The van der Waals surface area contributed by atoms with Crippen molar-refractivity contribution in [3.63, 3.8) is 0 Å². The first-order chi connectivity index (χ1) is 12.3. The summed E-state index contributed by atoms with van der Waals surface area (Å²) in [6.07, 6.45) is 5.38. The largest absolute Gasteiger partial charge is 0.465 e. The molecule has 2 aromatic rings. The maximum absolute atomic E-state index is 13.7. The third-order valence-electron chi connectivity index (χ3n) is 6.13. The van der Waals surface area contributed by atoms with Gasteiger partial charge in [-0.3, -0.25) is 0 Å². The number of nitrogens with one attached hydrogen (secondary N) is 1. The Morgan fingerprint density at radius 1 is 1.23 bits per heavy atom. The second-order valence-corrected chi connectivity index (χ2v) is 7.87. The van der Waals surface area contributed by atoms with E-state index in [9.17, 15) is 14.3 Å². The first kappa shape index (κ1) is 17.4. The van der Waals surface area contributed by atoms with Crippen molar-refractivity contribution in [2.75, 3.05) is 0 Å². The molecule has 5 rings (SSSR count). The van der Waals surface area contributed by atoms with E-state index in [2.05, 4.69) is 9.88 Å². The van der Waals surface area contributed by atoms with Crippen molar-refractivity contribution >= 4 is 17.7 Å². The molecule has 0 saturated heterocycles. The third-order valence-corrected chi connectivity index (χ3v) is 6.44. The molecular formula is C19H20ClFN2O3. The van der Waals surface area contributed by atoms with E-state index in [1.54, 1.807) is 12.1 Å². The number of carbonyl (C=O) groups is 1. The summed E-state index contributed by atoms with van der Waals surface area (Å²) in [5.41, 5.74) is 0.666. The quantitative estimate of drug-likeness (QED) is 0.756. The standard InChI is InChI=1S/C19H20ClFN2O3/c20-14-2-1-12(9-15(14)21)13-3-8-23(11-13)18-4-6-19(7-5-18,16(24)10-18)22-17(25)26/h1-3,8-9,11,16,22,24H,4-7,10H2,(H,25,26). The molecule has 1 aromatic heterocycles. The number of aromatic nitrogens is 1. The zero-order valence-electron chi connectivity index (χ0n) is 14.1. The maximum atomic E-state index is 13.7. The Bertz CT molecular complexity index is 858. The average Bonchev–Trinajstić information content (AvgIpc) is 3.09. The highest BCUT2D eigenvalue weighted by Crippen LogP contribution is 2.51. The van der Waals surface area contributed by atoms with E-state index < -0.39 is 23.6 Å². The first-order valence-electron chi connectivity index (χ1n) is 8.67. The number of aliphatic hydroxyl groups excluding tert-OH is 1. The van der Waals surface area contributed by atoms with Gasteiger partial charge in [0.2, 0.25) is 0 Å². The Kier molecular flexibility index (Phi) is 4.00. The summed E-state index contributed by atoms with van der Waals surface area (Å²) in [7, 11) is 0. The first-order valence-corrected chi connectivity index (χ1v) is 9.05. The number of benzene rings is 1. The van der Waals surface area contributed by atoms with Crippen LogP contribution >= 0.6 is 11.6 Å². The van der Waals surface area contributed by atoms with Gasteiger partial charge in [0.25, 0.3) is 0 Å². The maximum Gasteiger partial charge on any atom is 0.405 e. The van der Waals surface area contributed by atoms with E-state index in [0.29, 0.717) is 19.3 Å². The Hall–Kier alpha value is -2.05. The minimum atomic E-state index is -1.09. The van der Waals surface area contributed by atoms with Gasteiger partial charge in [0, 0.05) is 17.9 Å². The minimum absolute atomic E-state index is 0.0942. The molecule has 1 heterocycles. The number of hydrogen-bond donors (Lipinski definition) is 3. The summed E-state index contributed by atoms with van der Waals surface area (Å²) in [5.74, 6) is -0.453. The molecule has 3 aliphatic rings.